The monoisotopic (exact) mass is 180 g/mol. The lowest BCUT2D eigenvalue weighted by Crippen LogP contribution is -2.02. The van der Waals surface area contributed by atoms with Crippen LogP contribution in [0.15, 0.2) is 24.3 Å². The number of para-hydroxylation sites is 2. The van der Waals surface area contributed by atoms with Crippen molar-refractivity contribution in [2.24, 2.45) is 0 Å². The SMILES string of the molecule is CC(=N)Oc1ccccc1[N+](=O)[O-]. The van der Waals surface area contributed by atoms with E-state index >= 15 is 0 Å². The Kier molecular flexibility index (Phi) is 2.59. The molecule has 5 heteroatoms. The maximum atomic E-state index is 10.5. The van der Waals surface area contributed by atoms with Crippen LogP contribution in [-0.4, -0.2) is 10.8 Å². The quantitative estimate of drug-likeness (QED) is 0.327. The number of hydrogen-bond acceptors (Lipinski definition) is 4. The zero-order chi connectivity index (χ0) is 9.84. The fourth-order valence-corrected chi connectivity index (χ4v) is 0.859. The van der Waals surface area contributed by atoms with Gasteiger partial charge in [-0.2, -0.15) is 0 Å². The molecular formula is C8H8N2O3. The Hall–Kier alpha value is -1.91. The normalized spacial score (nSPS) is 9.31. The van der Waals surface area contributed by atoms with Gasteiger partial charge in [-0.15, -0.1) is 0 Å². The number of rotatable bonds is 2. The van der Waals surface area contributed by atoms with Gasteiger partial charge in [-0.1, -0.05) is 12.1 Å². The Bertz CT molecular complexity index is 349. The van der Waals surface area contributed by atoms with Crippen LogP contribution >= 0.6 is 0 Å². The van der Waals surface area contributed by atoms with E-state index in [0.29, 0.717) is 0 Å². The molecule has 0 atom stereocenters. The average molecular weight is 180 g/mol. The van der Waals surface area contributed by atoms with E-state index in [2.05, 4.69) is 0 Å². The summed E-state index contributed by atoms with van der Waals surface area (Å²) in [4.78, 5) is 9.91. The van der Waals surface area contributed by atoms with E-state index in [0.717, 1.165) is 0 Å². The van der Waals surface area contributed by atoms with Gasteiger partial charge in [0.1, 0.15) is 0 Å². The Morgan fingerprint density at radius 2 is 2.15 bits per heavy atom. The lowest BCUT2D eigenvalue weighted by molar-refractivity contribution is -0.385. The number of nitro groups is 1. The molecule has 13 heavy (non-hydrogen) atoms. The van der Waals surface area contributed by atoms with Crippen LogP contribution in [0.4, 0.5) is 5.69 Å². The Labute approximate surface area is 74.6 Å². The summed E-state index contributed by atoms with van der Waals surface area (Å²) in [6, 6.07) is 5.95. The van der Waals surface area contributed by atoms with Crippen LogP contribution in [0.5, 0.6) is 5.75 Å². The van der Waals surface area contributed by atoms with E-state index in [1.54, 1.807) is 12.1 Å². The minimum absolute atomic E-state index is 0.0747. The van der Waals surface area contributed by atoms with E-state index in [4.69, 9.17) is 10.1 Å². The van der Waals surface area contributed by atoms with Crippen molar-refractivity contribution in [3.8, 4) is 5.75 Å². The van der Waals surface area contributed by atoms with E-state index in [-0.39, 0.29) is 17.3 Å². The standard InChI is InChI=1S/C8H8N2O3/c1-6(9)13-8-5-3-2-4-7(8)10(11)12/h2-5,9H,1H3. The van der Waals surface area contributed by atoms with Gasteiger partial charge in [0.15, 0.2) is 5.90 Å². The molecule has 1 aromatic carbocycles. The van der Waals surface area contributed by atoms with Gasteiger partial charge in [0.25, 0.3) is 0 Å². The van der Waals surface area contributed by atoms with Gasteiger partial charge in [0.05, 0.1) is 4.92 Å². The van der Waals surface area contributed by atoms with Crippen LogP contribution < -0.4 is 4.74 Å². The second kappa shape index (κ2) is 3.66. The van der Waals surface area contributed by atoms with Crippen molar-refractivity contribution < 1.29 is 9.66 Å². The second-order valence-electron chi connectivity index (χ2n) is 2.38. The minimum Gasteiger partial charge on any atom is -0.437 e. The van der Waals surface area contributed by atoms with Crippen molar-refractivity contribution in [1.29, 1.82) is 5.41 Å². The van der Waals surface area contributed by atoms with Gasteiger partial charge in [-0.05, 0) is 6.07 Å². The molecule has 0 aliphatic carbocycles. The molecule has 0 bridgehead atoms. The van der Waals surface area contributed by atoms with Gasteiger partial charge in [0.2, 0.25) is 5.75 Å². The van der Waals surface area contributed by atoms with Crippen LogP contribution in [0.1, 0.15) is 6.92 Å². The summed E-state index contributed by atoms with van der Waals surface area (Å²) in [5, 5.41) is 17.5. The predicted molar refractivity (Wildman–Crippen MR) is 47.1 cm³/mol. The highest BCUT2D eigenvalue weighted by molar-refractivity contribution is 5.73. The lowest BCUT2D eigenvalue weighted by atomic mass is 10.3. The first kappa shape index (κ1) is 9.18. The van der Waals surface area contributed by atoms with Gasteiger partial charge in [-0.25, -0.2) is 0 Å². The van der Waals surface area contributed by atoms with E-state index in [1.165, 1.54) is 19.1 Å². The van der Waals surface area contributed by atoms with Crippen molar-refractivity contribution >= 4 is 11.6 Å². The van der Waals surface area contributed by atoms with Gasteiger partial charge < -0.3 is 4.74 Å². The Morgan fingerprint density at radius 3 is 2.69 bits per heavy atom. The molecule has 0 aliphatic rings. The van der Waals surface area contributed by atoms with Gasteiger partial charge >= 0.3 is 5.69 Å². The number of benzene rings is 1. The molecule has 0 unspecified atom stereocenters. The van der Waals surface area contributed by atoms with Crippen molar-refractivity contribution in [3.05, 3.63) is 34.4 Å². The molecule has 5 nitrogen and oxygen atoms in total. The summed E-state index contributed by atoms with van der Waals surface area (Å²) in [5.74, 6) is 0.0225. The summed E-state index contributed by atoms with van der Waals surface area (Å²) in [6.07, 6.45) is 0. The van der Waals surface area contributed by atoms with Gasteiger partial charge in [-0.3, -0.25) is 15.5 Å². The lowest BCUT2D eigenvalue weighted by Gasteiger charge is -2.02. The third-order valence-electron chi connectivity index (χ3n) is 1.33. The fourth-order valence-electron chi connectivity index (χ4n) is 0.859. The third kappa shape index (κ3) is 2.26. The largest absolute Gasteiger partial charge is 0.437 e. The van der Waals surface area contributed by atoms with Crippen LogP contribution in [0.25, 0.3) is 0 Å². The van der Waals surface area contributed by atoms with Crippen LogP contribution in [0.3, 0.4) is 0 Å². The topological polar surface area (TPSA) is 76.2 Å². The van der Waals surface area contributed by atoms with Crippen LogP contribution in [-0.2, 0) is 0 Å². The highest BCUT2D eigenvalue weighted by Crippen LogP contribution is 2.25. The predicted octanol–water partition coefficient (Wildman–Crippen LogP) is 1.97. The number of hydrogen-bond donors (Lipinski definition) is 1. The van der Waals surface area contributed by atoms with Gasteiger partial charge in [0, 0.05) is 13.0 Å². The first-order valence-electron chi connectivity index (χ1n) is 3.57. The zero-order valence-corrected chi connectivity index (χ0v) is 6.98. The second-order valence-corrected chi connectivity index (χ2v) is 2.38. The first-order valence-corrected chi connectivity index (χ1v) is 3.57. The summed E-state index contributed by atoms with van der Waals surface area (Å²) in [7, 11) is 0. The molecule has 1 aromatic rings. The zero-order valence-electron chi connectivity index (χ0n) is 6.98. The van der Waals surface area contributed by atoms with Crippen molar-refractivity contribution in [2.45, 2.75) is 6.92 Å². The maximum absolute atomic E-state index is 10.5. The van der Waals surface area contributed by atoms with Crippen molar-refractivity contribution in [2.75, 3.05) is 0 Å². The minimum atomic E-state index is -0.543. The molecule has 0 saturated carbocycles. The smallest absolute Gasteiger partial charge is 0.311 e. The van der Waals surface area contributed by atoms with E-state index in [1.807, 2.05) is 0 Å². The molecule has 0 heterocycles. The maximum Gasteiger partial charge on any atom is 0.311 e. The molecule has 0 amide bonds. The highest BCUT2D eigenvalue weighted by Gasteiger charge is 2.13. The molecule has 0 saturated heterocycles. The Balaban J connectivity index is 3.04. The summed E-state index contributed by atoms with van der Waals surface area (Å²) >= 11 is 0. The summed E-state index contributed by atoms with van der Waals surface area (Å²) in [5.41, 5.74) is -0.130. The summed E-state index contributed by atoms with van der Waals surface area (Å²) < 4.78 is 4.85. The van der Waals surface area contributed by atoms with E-state index < -0.39 is 4.92 Å². The molecule has 0 aliphatic heterocycles. The molecule has 0 fully saturated rings. The first-order chi connectivity index (χ1) is 6.11. The number of nitro benzene ring substituents is 1. The number of nitrogens with one attached hydrogen (secondary N) is 1. The van der Waals surface area contributed by atoms with Crippen molar-refractivity contribution in [1.82, 2.24) is 0 Å². The molecule has 68 valence electrons. The highest BCUT2D eigenvalue weighted by atomic mass is 16.6. The molecule has 0 aromatic heterocycles. The van der Waals surface area contributed by atoms with Crippen molar-refractivity contribution in [3.63, 3.8) is 0 Å². The molecular weight excluding hydrogens is 172 g/mol. The number of nitrogens with zero attached hydrogens (tertiary/aromatic N) is 1. The average Bonchev–Trinajstić information content (AvgIpc) is 2.03. The third-order valence-corrected chi connectivity index (χ3v) is 1.33. The fraction of sp³-hybridized carbons (Fsp3) is 0.125. The molecule has 1 N–H and O–H groups in total. The molecule has 0 radical (unpaired) electrons. The van der Waals surface area contributed by atoms with Crippen LogP contribution in [0.2, 0.25) is 0 Å². The molecule has 1 rings (SSSR count). The van der Waals surface area contributed by atoms with Crippen LogP contribution in [0, 0.1) is 15.5 Å². The summed E-state index contributed by atoms with van der Waals surface area (Å²) in [6.45, 7) is 1.41. The Morgan fingerprint density at radius 1 is 1.54 bits per heavy atom. The number of ether oxygens (including phenoxy) is 1. The molecule has 0 spiro atoms. The van der Waals surface area contributed by atoms with E-state index in [9.17, 15) is 10.1 Å².